The molecule has 0 heterocycles. The molecule has 1 rings (SSSR count). The fourth-order valence-electron chi connectivity index (χ4n) is 1.21. The maximum atomic E-state index is 12.5. The SMILES string of the molecule is COc1cc([C@H](N)CF)cc(C(F)(F)F)c1.Cl. The first kappa shape index (κ1) is 16.0. The fraction of sp³-hybridized carbons (Fsp3) is 0.400. The fourth-order valence-corrected chi connectivity index (χ4v) is 1.21. The topological polar surface area (TPSA) is 35.2 Å². The Morgan fingerprint density at radius 3 is 2.29 bits per heavy atom. The Morgan fingerprint density at radius 1 is 1.29 bits per heavy atom. The lowest BCUT2D eigenvalue weighted by molar-refractivity contribution is -0.137. The van der Waals surface area contributed by atoms with Crippen LogP contribution < -0.4 is 10.5 Å². The van der Waals surface area contributed by atoms with Gasteiger partial charge in [0, 0.05) is 0 Å². The number of nitrogens with two attached hydrogens (primary N) is 1. The van der Waals surface area contributed by atoms with Crippen LogP contribution in [0.1, 0.15) is 17.2 Å². The number of alkyl halides is 4. The van der Waals surface area contributed by atoms with Gasteiger partial charge in [0.1, 0.15) is 12.4 Å². The van der Waals surface area contributed by atoms with Crippen LogP contribution in [0.15, 0.2) is 18.2 Å². The molecule has 2 nitrogen and oxygen atoms in total. The molecule has 0 aliphatic rings. The van der Waals surface area contributed by atoms with Crippen LogP contribution in [-0.4, -0.2) is 13.8 Å². The average molecular weight is 274 g/mol. The predicted octanol–water partition coefficient (Wildman–Crippen LogP) is 3.11. The van der Waals surface area contributed by atoms with Crippen LogP contribution >= 0.6 is 12.4 Å². The monoisotopic (exact) mass is 273 g/mol. The smallest absolute Gasteiger partial charge is 0.416 e. The van der Waals surface area contributed by atoms with Gasteiger partial charge in [-0.25, -0.2) is 4.39 Å². The predicted molar refractivity (Wildman–Crippen MR) is 58.1 cm³/mol. The highest BCUT2D eigenvalue weighted by Gasteiger charge is 2.31. The van der Waals surface area contributed by atoms with Gasteiger partial charge in [0.2, 0.25) is 0 Å². The summed E-state index contributed by atoms with van der Waals surface area (Å²) < 4.78 is 54.4. The number of rotatable bonds is 3. The van der Waals surface area contributed by atoms with Crippen LogP contribution in [-0.2, 0) is 6.18 Å². The van der Waals surface area contributed by atoms with E-state index in [4.69, 9.17) is 10.5 Å². The van der Waals surface area contributed by atoms with Gasteiger partial charge in [-0.2, -0.15) is 13.2 Å². The minimum Gasteiger partial charge on any atom is -0.497 e. The average Bonchev–Trinajstić information content (AvgIpc) is 2.26. The molecule has 17 heavy (non-hydrogen) atoms. The Balaban J connectivity index is 0.00000256. The number of hydrogen-bond donors (Lipinski definition) is 1. The Hall–Kier alpha value is -1.01. The lowest BCUT2D eigenvalue weighted by atomic mass is 10.0. The van der Waals surface area contributed by atoms with E-state index >= 15 is 0 Å². The van der Waals surface area contributed by atoms with Gasteiger partial charge in [-0.05, 0) is 23.8 Å². The minimum atomic E-state index is -4.50. The molecule has 0 unspecified atom stereocenters. The van der Waals surface area contributed by atoms with Crippen LogP contribution in [0.4, 0.5) is 17.6 Å². The normalized spacial score (nSPS) is 12.8. The van der Waals surface area contributed by atoms with Gasteiger partial charge in [0.15, 0.2) is 0 Å². The molecule has 98 valence electrons. The molecular weight excluding hydrogens is 262 g/mol. The van der Waals surface area contributed by atoms with Gasteiger partial charge in [-0.15, -0.1) is 12.4 Å². The number of hydrogen-bond acceptors (Lipinski definition) is 2. The van der Waals surface area contributed by atoms with Crippen molar-refractivity contribution in [3.05, 3.63) is 29.3 Å². The van der Waals surface area contributed by atoms with Crippen molar-refractivity contribution in [2.75, 3.05) is 13.8 Å². The van der Waals surface area contributed by atoms with Crippen LogP contribution in [0, 0.1) is 0 Å². The molecule has 0 bridgehead atoms. The quantitative estimate of drug-likeness (QED) is 0.859. The molecule has 7 heteroatoms. The highest BCUT2D eigenvalue weighted by Crippen LogP contribution is 2.33. The van der Waals surface area contributed by atoms with Crippen LogP contribution in [0.5, 0.6) is 5.75 Å². The van der Waals surface area contributed by atoms with Crippen molar-refractivity contribution in [3.8, 4) is 5.75 Å². The van der Waals surface area contributed by atoms with Crippen LogP contribution in [0.3, 0.4) is 0 Å². The van der Waals surface area contributed by atoms with E-state index in [0.29, 0.717) is 0 Å². The van der Waals surface area contributed by atoms with Crippen molar-refractivity contribution in [3.63, 3.8) is 0 Å². The van der Waals surface area contributed by atoms with Gasteiger partial charge < -0.3 is 10.5 Å². The molecule has 0 saturated carbocycles. The molecule has 2 N–H and O–H groups in total. The molecule has 1 atom stereocenters. The third-order valence-electron chi connectivity index (χ3n) is 2.09. The molecule has 0 saturated heterocycles. The molecular formula is C10H12ClF4NO. The molecule has 1 aromatic carbocycles. The van der Waals surface area contributed by atoms with Crippen molar-refractivity contribution < 1.29 is 22.3 Å². The summed E-state index contributed by atoms with van der Waals surface area (Å²) in [6, 6.07) is 1.89. The van der Waals surface area contributed by atoms with Crippen molar-refractivity contribution in [2.45, 2.75) is 12.2 Å². The molecule has 0 aliphatic carbocycles. The second-order valence-corrected chi connectivity index (χ2v) is 3.25. The Morgan fingerprint density at radius 2 is 1.88 bits per heavy atom. The summed E-state index contributed by atoms with van der Waals surface area (Å²) in [5.74, 6) is 0.00808. The molecule has 0 radical (unpaired) electrons. The standard InChI is InChI=1S/C10H11F4NO.ClH/c1-16-8-3-6(9(15)5-11)2-7(4-8)10(12,13)14;/h2-4,9H,5,15H2,1H3;1H/t9-;/m1./s1. The number of halogens is 5. The maximum Gasteiger partial charge on any atom is 0.416 e. The van der Waals surface area contributed by atoms with E-state index in [-0.39, 0.29) is 23.7 Å². The van der Waals surface area contributed by atoms with Crippen molar-refractivity contribution in [2.24, 2.45) is 5.73 Å². The molecule has 0 aliphatic heterocycles. The highest BCUT2D eigenvalue weighted by atomic mass is 35.5. The molecule has 0 spiro atoms. The summed E-state index contributed by atoms with van der Waals surface area (Å²) in [7, 11) is 1.24. The lowest BCUT2D eigenvalue weighted by Gasteiger charge is -2.14. The first-order valence-corrected chi connectivity index (χ1v) is 4.46. The lowest BCUT2D eigenvalue weighted by Crippen LogP contribution is -2.14. The number of methoxy groups -OCH3 is 1. The van der Waals surface area contributed by atoms with E-state index in [1.165, 1.54) is 13.2 Å². The zero-order valence-corrected chi connectivity index (χ0v) is 9.74. The molecule has 0 amide bonds. The molecule has 0 fully saturated rings. The van der Waals surface area contributed by atoms with E-state index in [9.17, 15) is 17.6 Å². The zero-order chi connectivity index (χ0) is 12.3. The Labute approximate surface area is 102 Å². The van der Waals surface area contributed by atoms with Crippen molar-refractivity contribution in [1.29, 1.82) is 0 Å². The third kappa shape index (κ3) is 4.05. The summed E-state index contributed by atoms with van der Waals surface area (Å²) in [5, 5.41) is 0. The van der Waals surface area contributed by atoms with Crippen LogP contribution in [0.25, 0.3) is 0 Å². The van der Waals surface area contributed by atoms with Gasteiger partial charge in [-0.1, -0.05) is 0 Å². The van der Waals surface area contributed by atoms with Gasteiger partial charge in [0.25, 0.3) is 0 Å². The number of ether oxygens (including phenoxy) is 1. The Bertz CT molecular complexity index is 370. The van der Waals surface area contributed by atoms with Crippen molar-refractivity contribution in [1.82, 2.24) is 0 Å². The summed E-state index contributed by atoms with van der Waals surface area (Å²) in [6.45, 7) is -0.926. The summed E-state index contributed by atoms with van der Waals surface area (Å²) in [5.41, 5.74) is 4.50. The zero-order valence-electron chi connectivity index (χ0n) is 8.92. The molecule has 1 aromatic rings. The molecule has 0 aromatic heterocycles. The maximum absolute atomic E-state index is 12.5. The van der Waals surface area contributed by atoms with Gasteiger partial charge >= 0.3 is 6.18 Å². The highest BCUT2D eigenvalue weighted by molar-refractivity contribution is 5.85. The van der Waals surface area contributed by atoms with E-state index in [2.05, 4.69) is 0 Å². The van der Waals surface area contributed by atoms with E-state index in [1.807, 2.05) is 0 Å². The van der Waals surface area contributed by atoms with E-state index in [0.717, 1.165) is 12.1 Å². The summed E-state index contributed by atoms with van der Waals surface area (Å²) >= 11 is 0. The first-order valence-electron chi connectivity index (χ1n) is 4.46. The Kier molecular flexibility index (Phi) is 5.71. The summed E-state index contributed by atoms with van der Waals surface area (Å²) in [6.07, 6.45) is -4.50. The second-order valence-electron chi connectivity index (χ2n) is 3.25. The van der Waals surface area contributed by atoms with Gasteiger partial charge in [0.05, 0.1) is 18.7 Å². The van der Waals surface area contributed by atoms with E-state index in [1.54, 1.807) is 0 Å². The minimum absolute atomic E-state index is 0. The van der Waals surface area contributed by atoms with Gasteiger partial charge in [-0.3, -0.25) is 0 Å². The second kappa shape index (κ2) is 6.07. The number of benzene rings is 1. The largest absolute Gasteiger partial charge is 0.497 e. The van der Waals surface area contributed by atoms with Crippen LogP contribution in [0.2, 0.25) is 0 Å². The first-order chi connectivity index (χ1) is 7.38. The van der Waals surface area contributed by atoms with E-state index < -0.39 is 24.5 Å². The summed E-state index contributed by atoms with van der Waals surface area (Å²) in [4.78, 5) is 0. The third-order valence-corrected chi connectivity index (χ3v) is 2.09. The van der Waals surface area contributed by atoms with Crippen molar-refractivity contribution >= 4 is 12.4 Å².